The Kier molecular flexibility index (Phi) is 5.69. The molecule has 2 N–H and O–H groups in total. The molecule has 1 heterocycles. The van der Waals surface area contributed by atoms with Crippen molar-refractivity contribution in [2.75, 3.05) is 19.6 Å². The molecule has 2 heteroatoms. The Morgan fingerprint density at radius 2 is 1.50 bits per heavy atom. The Morgan fingerprint density at radius 3 is 2.17 bits per heavy atom. The van der Waals surface area contributed by atoms with Crippen LogP contribution in [0, 0.1) is 0 Å². The number of rotatable bonds is 4. The number of nitrogens with two attached hydrogens (primary N) is 1. The van der Waals surface area contributed by atoms with Crippen LogP contribution in [0.3, 0.4) is 0 Å². The fourth-order valence-corrected chi connectivity index (χ4v) is 2.82. The van der Waals surface area contributed by atoms with Gasteiger partial charge in [0, 0.05) is 13.1 Å². The zero-order chi connectivity index (χ0) is 12.6. The van der Waals surface area contributed by atoms with Gasteiger partial charge in [-0.25, -0.2) is 0 Å². The van der Waals surface area contributed by atoms with Gasteiger partial charge in [0.1, 0.15) is 0 Å². The highest BCUT2D eigenvalue weighted by molar-refractivity contribution is 5.27. The summed E-state index contributed by atoms with van der Waals surface area (Å²) < 4.78 is 0. The van der Waals surface area contributed by atoms with E-state index in [0.29, 0.717) is 6.54 Å². The number of likely N-dealkylation sites (tertiary alicyclic amines) is 1. The Hall–Kier alpha value is -0.860. The monoisotopic (exact) mass is 246 g/mol. The van der Waals surface area contributed by atoms with Crippen LogP contribution in [0.1, 0.15) is 43.2 Å². The minimum Gasteiger partial charge on any atom is -0.326 e. The molecule has 0 atom stereocenters. The lowest BCUT2D eigenvalue weighted by Crippen LogP contribution is -2.29. The van der Waals surface area contributed by atoms with Crippen molar-refractivity contribution in [1.29, 1.82) is 0 Å². The molecule has 1 saturated heterocycles. The molecule has 1 aromatic rings. The van der Waals surface area contributed by atoms with Crippen LogP contribution in [-0.4, -0.2) is 24.5 Å². The molecule has 0 bridgehead atoms. The van der Waals surface area contributed by atoms with Crippen LogP contribution in [0.5, 0.6) is 0 Å². The molecule has 2 rings (SSSR count). The van der Waals surface area contributed by atoms with Crippen LogP contribution in [0.2, 0.25) is 0 Å². The first-order chi connectivity index (χ1) is 8.90. The van der Waals surface area contributed by atoms with Crippen LogP contribution in [0.4, 0.5) is 0 Å². The molecule has 1 fully saturated rings. The van der Waals surface area contributed by atoms with E-state index in [9.17, 15) is 0 Å². The van der Waals surface area contributed by atoms with Crippen molar-refractivity contribution in [2.45, 2.75) is 45.1 Å². The third kappa shape index (κ3) is 4.11. The summed E-state index contributed by atoms with van der Waals surface area (Å²) in [5, 5.41) is 0. The van der Waals surface area contributed by atoms with Crippen molar-refractivity contribution in [2.24, 2.45) is 5.73 Å². The predicted octanol–water partition coefficient (Wildman–Crippen LogP) is 2.95. The van der Waals surface area contributed by atoms with Crippen LogP contribution in [-0.2, 0) is 13.0 Å². The molecule has 0 aliphatic carbocycles. The number of hydrogen-bond donors (Lipinski definition) is 1. The van der Waals surface area contributed by atoms with Crippen LogP contribution in [0.25, 0.3) is 0 Å². The lowest BCUT2D eigenvalue weighted by Gasteiger charge is -2.24. The first-order valence-corrected chi connectivity index (χ1v) is 7.39. The number of nitrogens with zero attached hydrogens (tertiary/aromatic N) is 1. The van der Waals surface area contributed by atoms with Crippen molar-refractivity contribution in [3.05, 3.63) is 35.4 Å². The van der Waals surface area contributed by atoms with Crippen molar-refractivity contribution < 1.29 is 0 Å². The lowest BCUT2D eigenvalue weighted by molar-refractivity contribution is 0.250. The second-order valence-corrected chi connectivity index (χ2v) is 5.33. The highest BCUT2D eigenvalue weighted by Gasteiger charge is 2.08. The molecule has 0 aromatic heterocycles. The smallest absolute Gasteiger partial charge is 0.0180 e. The van der Waals surface area contributed by atoms with E-state index in [1.54, 1.807) is 0 Å². The summed E-state index contributed by atoms with van der Waals surface area (Å²) in [6, 6.07) is 8.60. The molecule has 0 radical (unpaired) electrons. The molecule has 1 aromatic carbocycles. The van der Waals surface area contributed by atoms with E-state index in [2.05, 4.69) is 29.2 Å². The van der Waals surface area contributed by atoms with Gasteiger partial charge in [-0.15, -0.1) is 0 Å². The summed E-state index contributed by atoms with van der Waals surface area (Å²) >= 11 is 0. The summed E-state index contributed by atoms with van der Waals surface area (Å²) in [6.45, 7) is 4.42. The van der Waals surface area contributed by atoms with Gasteiger partial charge in [0.15, 0.2) is 0 Å². The molecule has 1 aliphatic rings. The summed E-state index contributed by atoms with van der Waals surface area (Å²) in [6.07, 6.45) is 8.15. The van der Waals surface area contributed by atoms with E-state index in [-0.39, 0.29) is 0 Å². The first kappa shape index (κ1) is 13.6. The Morgan fingerprint density at radius 1 is 0.889 bits per heavy atom. The molecule has 0 spiro atoms. The molecule has 1 aliphatic heterocycles. The van der Waals surface area contributed by atoms with Gasteiger partial charge in [-0.05, 0) is 43.5 Å². The molecular weight excluding hydrogens is 220 g/mol. The van der Waals surface area contributed by atoms with Gasteiger partial charge in [-0.2, -0.15) is 0 Å². The second-order valence-electron chi connectivity index (χ2n) is 5.33. The van der Waals surface area contributed by atoms with E-state index >= 15 is 0 Å². The van der Waals surface area contributed by atoms with Gasteiger partial charge < -0.3 is 10.6 Å². The fraction of sp³-hybridized carbons (Fsp3) is 0.625. The Balaban J connectivity index is 1.85. The van der Waals surface area contributed by atoms with E-state index in [1.165, 1.54) is 62.9 Å². The average Bonchev–Trinajstić information content (AvgIpc) is 2.38. The largest absolute Gasteiger partial charge is 0.326 e. The highest BCUT2D eigenvalue weighted by atomic mass is 15.1. The minimum absolute atomic E-state index is 0.663. The zero-order valence-corrected chi connectivity index (χ0v) is 11.4. The summed E-state index contributed by atoms with van der Waals surface area (Å²) in [7, 11) is 0. The normalized spacial score (nSPS) is 18.3. The predicted molar refractivity (Wildman–Crippen MR) is 77.6 cm³/mol. The number of benzene rings is 1. The van der Waals surface area contributed by atoms with Crippen molar-refractivity contribution in [3.63, 3.8) is 0 Å². The van der Waals surface area contributed by atoms with E-state index in [1.807, 2.05) is 0 Å². The third-order valence-electron chi connectivity index (χ3n) is 3.98. The quantitative estimate of drug-likeness (QED) is 0.885. The molecule has 0 unspecified atom stereocenters. The SMILES string of the molecule is NCc1ccccc1CCN1CCCCCCC1. The molecule has 0 saturated carbocycles. The minimum atomic E-state index is 0.663. The lowest BCUT2D eigenvalue weighted by atomic mass is 10.0. The van der Waals surface area contributed by atoms with Gasteiger partial charge in [-0.1, -0.05) is 43.5 Å². The van der Waals surface area contributed by atoms with E-state index < -0.39 is 0 Å². The van der Waals surface area contributed by atoms with Gasteiger partial charge in [0.2, 0.25) is 0 Å². The highest BCUT2D eigenvalue weighted by Crippen LogP contribution is 2.13. The van der Waals surface area contributed by atoms with E-state index in [0.717, 1.165) is 6.42 Å². The maximum atomic E-state index is 5.79. The first-order valence-electron chi connectivity index (χ1n) is 7.39. The summed E-state index contributed by atoms with van der Waals surface area (Å²) in [5.41, 5.74) is 8.53. The standard InChI is InChI=1S/C16H26N2/c17-14-16-9-5-4-8-15(16)10-13-18-11-6-2-1-3-7-12-18/h4-5,8-9H,1-3,6-7,10-14,17H2. The van der Waals surface area contributed by atoms with Crippen LogP contribution < -0.4 is 5.73 Å². The molecule has 100 valence electrons. The molecule has 0 amide bonds. The zero-order valence-electron chi connectivity index (χ0n) is 11.4. The van der Waals surface area contributed by atoms with Gasteiger partial charge >= 0.3 is 0 Å². The third-order valence-corrected chi connectivity index (χ3v) is 3.98. The molecule has 2 nitrogen and oxygen atoms in total. The van der Waals surface area contributed by atoms with Gasteiger partial charge in [0.05, 0.1) is 0 Å². The maximum absolute atomic E-state index is 5.79. The van der Waals surface area contributed by atoms with Crippen molar-refractivity contribution in [1.82, 2.24) is 4.90 Å². The maximum Gasteiger partial charge on any atom is 0.0180 e. The molecular formula is C16H26N2. The van der Waals surface area contributed by atoms with Crippen LogP contribution >= 0.6 is 0 Å². The van der Waals surface area contributed by atoms with Crippen LogP contribution in [0.15, 0.2) is 24.3 Å². The topological polar surface area (TPSA) is 29.3 Å². The summed E-state index contributed by atoms with van der Waals surface area (Å²) in [5.74, 6) is 0. The number of hydrogen-bond acceptors (Lipinski definition) is 2. The fourth-order valence-electron chi connectivity index (χ4n) is 2.82. The molecule has 18 heavy (non-hydrogen) atoms. The Labute approximate surface area is 111 Å². The van der Waals surface area contributed by atoms with Crippen molar-refractivity contribution >= 4 is 0 Å². The van der Waals surface area contributed by atoms with E-state index in [4.69, 9.17) is 5.73 Å². The van der Waals surface area contributed by atoms with Crippen molar-refractivity contribution in [3.8, 4) is 0 Å². The van der Waals surface area contributed by atoms with Gasteiger partial charge in [-0.3, -0.25) is 0 Å². The summed E-state index contributed by atoms with van der Waals surface area (Å²) in [4.78, 5) is 2.63. The average molecular weight is 246 g/mol. The Bertz CT molecular complexity index is 341. The second kappa shape index (κ2) is 7.55. The van der Waals surface area contributed by atoms with Gasteiger partial charge in [0.25, 0.3) is 0 Å².